The summed E-state index contributed by atoms with van der Waals surface area (Å²) in [6.07, 6.45) is -2.05. The van der Waals surface area contributed by atoms with Crippen LogP contribution >= 0.6 is 0 Å². The first-order valence-electron chi connectivity index (χ1n) is 9.10. The smallest absolute Gasteiger partial charge is 0.254 e. The lowest BCUT2D eigenvalue weighted by Crippen LogP contribution is -2.29. The Hall–Kier alpha value is -2.80. The monoisotopic (exact) mass is 388 g/mol. The van der Waals surface area contributed by atoms with Crippen molar-refractivity contribution in [3.8, 4) is 0 Å². The number of anilines is 1. The summed E-state index contributed by atoms with van der Waals surface area (Å²) < 4.78 is 26.7. The molecule has 5 nitrogen and oxygen atoms in total. The summed E-state index contributed by atoms with van der Waals surface area (Å²) in [4.78, 5) is 26.1. The van der Waals surface area contributed by atoms with Gasteiger partial charge in [-0.2, -0.15) is 0 Å². The molecule has 1 fully saturated rings. The Labute approximate surface area is 162 Å². The highest BCUT2D eigenvalue weighted by atomic mass is 19.1. The fraction of sp³-hybridized carbons (Fsp3) is 0.333. The van der Waals surface area contributed by atoms with Crippen molar-refractivity contribution in [2.75, 3.05) is 18.4 Å². The number of hydrogen-bond donors (Lipinski definition) is 2. The molecule has 28 heavy (non-hydrogen) atoms. The Morgan fingerprint density at radius 2 is 2.00 bits per heavy atom. The fourth-order valence-corrected chi connectivity index (χ4v) is 3.15. The zero-order valence-electron chi connectivity index (χ0n) is 15.5. The van der Waals surface area contributed by atoms with E-state index in [9.17, 15) is 23.5 Å². The van der Waals surface area contributed by atoms with E-state index in [-0.39, 0.29) is 31.2 Å². The van der Waals surface area contributed by atoms with Gasteiger partial charge in [0, 0.05) is 24.2 Å². The lowest BCUT2D eigenvalue weighted by atomic mass is 10.1. The summed E-state index contributed by atoms with van der Waals surface area (Å²) in [7, 11) is 0. The lowest BCUT2D eigenvalue weighted by molar-refractivity contribution is -0.116. The molecule has 2 atom stereocenters. The van der Waals surface area contributed by atoms with Crippen molar-refractivity contribution in [1.29, 1.82) is 0 Å². The fourth-order valence-electron chi connectivity index (χ4n) is 3.15. The quantitative estimate of drug-likeness (QED) is 0.828. The topological polar surface area (TPSA) is 69.6 Å². The maximum Gasteiger partial charge on any atom is 0.254 e. The van der Waals surface area contributed by atoms with Gasteiger partial charge in [0.1, 0.15) is 18.1 Å². The number of carbonyl (C=O) groups is 2. The number of alkyl halides is 1. The number of benzene rings is 2. The van der Waals surface area contributed by atoms with Crippen LogP contribution in [0.5, 0.6) is 0 Å². The van der Waals surface area contributed by atoms with Crippen LogP contribution in [0.1, 0.15) is 27.9 Å². The number of hydrogen-bond acceptors (Lipinski definition) is 3. The first-order valence-corrected chi connectivity index (χ1v) is 9.10. The van der Waals surface area contributed by atoms with Crippen molar-refractivity contribution in [2.45, 2.75) is 32.0 Å². The highest BCUT2D eigenvalue weighted by Crippen LogP contribution is 2.21. The summed E-state index contributed by atoms with van der Waals surface area (Å²) in [6, 6.07) is 10.9. The van der Waals surface area contributed by atoms with Gasteiger partial charge < -0.3 is 15.3 Å². The zero-order chi connectivity index (χ0) is 20.3. The molecule has 0 saturated carbocycles. The largest absolute Gasteiger partial charge is 0.388 e. The molecular weight excluding hydrogens is 366 g/mol. The molecule has 7 heteroatoms. The maximum absolute atomic E-state index is 13.5. The van der Waals surface area contributed by atoms with E-state index >= 15 is 0 Å². The van der Waals surface area contributed by atoms with E-state index in [1.165, 1.54) is 17.0 Å². The van der Waals surface area contributed by atoms with Gasteiger partial charge in [-0.3, -0.25) is 9.59 Å². The van der Waals surface area contributed by atoms with Gasteiger partial charge >= 0.3 is 0 Å². The van der Waals surface area contributed by atoms with Crippen LogP contribution in [0, 0.1) is 12.7 Å². The van der Waals surface area contributed by atoms with Crippen LogP contribution in [0.25, 0.3) is 0 Å². The van der Waals surface area contributed by atoms with E-state index in [1.807, 2.05) is 0 Å². The van der Waals surface area contributed by atoms with Gasteiger partial charge in [0.15, 0.2) is 0 Å². The van der Waals surface area contributed by atoms with Gasteiger partial charge in [0.05, 0.1) is 6.54 Å². The number of likely N-dealkylation sites (tertiary alicyclic amines) is 1. The third-order valence-electron chi connectivity index (χ3n) is 4.80. The minimum Gasteiger partial charge on any atom is -0.388 e. The van der Waals surface area contributed by atoms with Crippen molar-refractivity contribution in [2.24, 2.45) is 0 Å². The average Bonchev–Trinajstić information content (AvgIpc) is 3.00. The molecule has 0 aromatic heterocycles. The number of aryl methyl sites for hydroxylation is 2. The number of nitrogens with zero attached hydrogens (tertiary/aromatic N) is 1. The summed E-state index contributed by atoms with van der Waals surface area (Å²) in [5.74, 6) is -0.991. The Morgan fingerprint density at radius 3 is 2.68 bits per heavy atom. The molecule has 2 N–H and O–H groups in total. The molecule has 2 amide bonds. The molecular formula is C21H22F2N2O3. The molecule has 1 aliphatic rings. The second-order valence-electron chi connectivity index (χ2n) is 7.00. The molecule has 1 saturated heterocycles. The molecule has 2 aromatic rings. The molecule has 0 spiro atoms. The van der Waals surface area contributed by atoms with Gasteiger partial charge in [-0.25, -0.2) is 8.78 Å². The average molecular weight is 388 g/mol. The van der Waals surface area contributed by atoms with E-state index in [4.69, 9.17) is 0 Å². The molecule has 2 aromatic carbocycles. The van der Waals surface area contributed by atoms with Crippen LogP contribution < -0.4 is 5.32 Å². The number of halogens is 2. The zero-order valence-corrected chi connectivity index (χ0v) is 15.5. The van der Waals surface area contributed by atoms with Gasteiger partial charge in [0.2, 0.25) is 5.91 Å². The Balaban J connectivity index is 1.64. The molecule has 148 valence electrons. The predicted molar refractivity (Wildman–Crippen MR) is 101 cm³/mol. The molecule has 0 bridgehead atoms. The summed E-state index contributed by atoms with van der Waals surface area (Å²) >= 11 is 0. The van der Waals surface area contributed by atoms with Crippen LogP contribution in [0.4, 0.5) is 14.5 Å². The van der Waals surface area contributed by atoms with Crippen LogP contribution in [0.15, 0.2) is 42.5 Å². The third-order valence-corrected chi connectivity index (χ3v) is 4.80. The van der Waals surface area contributed by atoms with Gasteiger partial charge in [-0.1, -0.05) is 18.2 Å². The lowest BCUT2D eigenvalue weighted by Gasteiger charge is -2.17. The van der Waals surface area contributed by atoms with Gasteiger partial charge in [0.25, 0.3) is 5.91 Å². The molecule has 3 rings (SSSR count). The van der Waals surface area contributed by atoms with Crippen molar-refractivity contribution < 1.29 is 23.5 Å². The SMILES string of the molecule is Cc1ccc(C(=O)N2C[C@@H](O)[C@H](F)C2)cc1NC(=O)CCc1cccc(F)c1. The number of aliphatic hydroxyl groups excluding tert-OH is 1. The van der Waals surface area contributed by atoms with Crippen LogP contribution in [0.2, 0.25) is 0 Å². The Morgan fingerprint density at radius 1 is 1.21 bits per heavy atom. The van der Waals surface area contributed by atoms with Crippen LogP contribution in [0.3, 0.4) is 0 Å². The minimum atomic E-state index is -1.45. The van der Waals surface area contributed by atoms with Crippen LogP contribution in [-0.4, -0.2) is 47.2 Å². The number of carbonyl (C=O) groups excluding carboxylic acids is 2. The summed E-state index contributed by atoms with van der Waals surface area (Å²) in [5.41, 5.74) is 2.31. The number of amides is 2. The van der Waals surface area contributed by atoms with Crippen molar-refractivity contribution in [3.05, 3.63) is 65.0 Å². The maximum atomic E-state index is 13.5. The van der Waals surface area contributed by atoms with E-state index in [0.29, 0.717) is 17.7 Å². The third kappa shape index (κ3) is 4.72. The first-order chi connectivity index (χ1) is 13.3. The van der Waals surface area contributed by atoms with E-state index in [0.717, 1.165) is 11.1 Å². The van der Waals surface area contributed by atoms with Crippen LogP contribution in [-0.2, 0) is 11.2 Å². The number of β-amino-alcohol motifs (C(OH)–C–C–N with tert-alkyl or cyclic N) is 1. The highest BCUT2D eigenvalue weighted by molar-refractivity contribution is 5.98. The standard InChI is InChI=1S/C21H22F2N2O3/c1-13-5-7-15(21(28)25-11-17(23)19(26)12-25)10-18(13)24-20(27)8-6-14-3-2-4-16(22)9-14/h2-5,7,9-10,17,19,26H,6,8,11-12H2,1H3,(H,24,27)/t17-,19-/m1/s1. The Kier molecular flexibility index (Phi) is 6.04. The van der Waals surface area contributed by atoms with E-state index in [1.54, 1.807) is 37.3 Å². The van der Waals surface area contributed by atoms with Gasteiger partial charge in [-0.05, 0) is 48.7 Å². The van der Waals surface area contributed by atoms with E-state index in [2.05, 4.69) is 5.32 Å². The highest BCUT2D eigenvalue weighted by Gasteiger charge is 2.34. The molecule has 1 aliphatic heterocycles. The number of rotatable bonds is 5. The van der Waals surface area contributed by atoms with Crippen molar-refractivity contribution in [3.63, 3.8) is 0 Å². The minimum absolute atomic E-state index is 0.0524. The van der Waals surface area contributed by atoms with E-state index < -0.39 is 18.2 Å². The predicted octanol–water partition coefficient (Wildman–Crippen LogP) is 2.86. The second kappa shape index (κ2) is 8.48. The molecule has 1 heterocycles. The molecule has 0 aliphatic carbocycles. The first kappa shape index (κ1) is 19.9. The second-order valence-corrected chi connectivity index (χ2v) is 7.00. The van der Waals surface area contributed by atoms with Gasteiger partial charge in [-0.15, -0.1) is 0 Å². The van der Waals surface area contributed by atoms with Crippen molar-refractivity contribution in [1.82, 2.24) is 4.90 Å². The molecule has 0 unspecified atom stereocenters. The summed E-state index contributed by atoms with van der Waals surface area (Å²) in [5, 5.41) is 12.3. The summed E-state index contributed by atoms with van der Waals surface area (Å²) in [6.45, 7) is 1.60. The molecule has 0 radical (unpaired) electrons. The van der Waals surface area contributed by atoms with Crippen molar-refractivity contribution >= 4 is 17.5 Å². The normalized spacial score (nSPS) is 18.9. The Bertz CT molecular complexity index is 878. The number of aliphatic hydroxyl groups is 1. The number of nitrogens with one attached hydrogen (secondary N) is 1.